The molecule has 240 valence electrons. The summed E-state index contributed by atoms with van der Waals surface area (Å²) in [5.74, 6) is -1.69. The first-order valence-electron chi connectivity index (χ1n) is 14.5. The maximum absolute atomic E-state index is 13.8. The predicted octanol–water partition coefficient (Wildman–Crippen LogP) is 6.29. The Hall–Kier alpha value is -4.91. The Labute approximate surface area is 262 Å². The molecule has 4 aromatic rings. The van der Waals surface area contributed by atoms with Crippen LogP contribution >= 0.6 is 0 Å². The Balaban J connectivity index is 0.000000537. The number of rotatable bonds is 7. The average Bonchev–Trinajstić information content (AvgIpc) is 3.01. The van der Waals surface area contributed by atoms with E-state index in [2.05, 4.69) is 26.3 Å². The summed E-state index contributed by atoms with van der Waals surface area (Å²) in [4.78, 5) is 38.8. The topological polar surface area (TPSA) is 118 Å². The van der Waals surface area contributed by atoms with Crippen molar-refractivity contribution < 1.29 is 37.0 Å². The van der Waals surface area contributed by atoms with Crippen molar-refractivity contribution in [2.24, 2.45) is 0 Å². The molecule has 2 aromatic carbocycles. The van der Waals surface area contributed by atoms with Crippen molar-refractivity contribution in [3.63, 3.8) is 0 Å². The average molecular weight is 638 g/mol. The number of aryl methyl sites for hydroxylation is 2. The summed E-state index contributed by atoms with van der Waals surface area (Å²) < 4.78 is 51.4. The highest BCUT2D eigenvalue weighted by Gasteiger charge is 2.53. The van der Waals surface area contributed by atoms with Gasteiger partial charge in [-0.15, -0.1) is 0 Å². The van der Waals surface area contributed by atoms with Crippen LogP contribution in [0, 0.1) is 12.7 Å². The molecule has 1 aliphatic carbocycles. The molecule has 6 rings (SSSR count). The van der Waals surface area contributed by atoms with Gasteiger partial charge in [-0.3, -0.25) is 9.78 Å². The van der Waals surface area contributed by atoms with Gasteiger partial charge in [0.05, 0.1) is 35.2 Å². The molecule has 1 saturated carbocycles. The van der Waals surface area contributed by atoms with Crippen molar-refractivity contribution in [2.75, 3.05) is 16.8 Å². The molecule has 3 heterocycles. The van der Waals surface area contributed by atoms with E-state index in [9.17, 15) is 22.4 Å². The van der Waals surface area contributed by atoms with Gasteiger partial charge in [-0.05, 0) is 80.6 Å². The zero-order chi connectivity index (χ0) is 32.9. The first kappa shape index (κ1) is 32.5. The molecule has 9 nitrogen and oxygen atoms in total. The fraction of sp³-hybridized carbons (Fsp3) is 0.303. The summed E-state index contributed by atoms with van der Waals surface area (Å²) in [7, 11) is 0. The third-order valence-corrected chi connectivity index (χ3v) is 7.82. The highest BCUT2D eigenvalue weighted by Crippen LogP contribution is 2.47. The molecule has 13 heteroatoms. The molecule has 46 heavy (non-hydrogen) atoms. The number of hydrogen-bond donors (Lipinski definition) is 2. The van der Waals surface area contributed by atoms with Crippen LogP contribution in [0.3, 0.4) is 0 Å². The fourth-order valence-electron chi connectivity index (χ4n) is 5.47. The summed E-state index contributed by atoms with van der Waals surface area (Å²) in [6, 6.07) is 21.8. The first-order chi connectivity index (χ1) is 21.9. The molecule has 1 amide bonds. The van der Waals surface area contributed by atoms with Crippen LogP contribution in [0.15, 0.2) is 79.0 Å². The molecular weight excluding hydrogens is 606 g/mol. The largest absolute Gasteiger partial charge is 0.490 e. The van der Waals surface area contributed by atoms with Crippen LogP contribution in [0.5, 0.6) is 0 Å². The van der Waals surface area contributed by atoms with Crippen molar-refractivity contribution in [3.05, 3.63) is 108 Å². The molecular formula is C33H31F4N5O4. The number of benzene rings is 2. The van der Waals surface area contributed by atoms with Crippen LogP contribution in [-0.2, 0) is 32.8 Å². The van der Waals surface area contributed by atoms with Gasteiger partial charge in [0.15, 0.2) is 0 Å². The molecule has 2 aromatic heterocycles. The van der Waals surface area contributed by atoms with E-state index in [-0.39, 0.29) is 17.8 Å². The number of alkyl halides is 3. The van der Waals surface area contributed by atoms with Gasteiger partial charge in [0.25, 0.3) is 0 Å². The number of fused-ring (bicyclic) bond motifs is 1. The van der Waals surface area contributed by atoms with E-state index in [0.717, 1.165) is 53.7 Å². The second-order valence-electron chi connectivity index (χ2n) is 11.1. The minimum atomic E-state index is -5.08. The lowest BCUT2D eigenvalue weighted by Crippen LogP contribution is -2.54. The van der Waals surface area contributed by atoms with Crippen molar-refractivity contribution in [2.45, 2.75) is 56.9 Å². The number of pyridine rings is 1. The number of halogens is 4. The number of anilines is 3. The van der Waals surface area contributed by atoms with Crippen LogP contribution in [-0.4, -0.2) is 50.8 Å². The second kappa shape index (κ2) is 13.6. The monoisotopic (exact) mass is 637 g/mol. The molecule has 0 radical (unpaired) electrons. The SMILES string of the molecule is Cc1nccc(N2CCCc3nc(C4(C(=O)Nc5ccc(F)cc5)CC(OCc5ccccc5)C4)ccc32)n1.O=C(O)C(F)(F)F. The number of amides is 1. The van der Waals surface area contributed by atoms with Crippen molar-refractivity contribution in [3.8, 4) is 0 Å². The zero-order valence-electron chi connectivity index (χ0n) is 24.8. The van der Waals surface area contributed by atoms with Gasteiger partial charge in [-0.1, -0.05) is 30.3 Å². The Bertz CT molecular complexity index is 1680. The number of aliphatic carboxylic acids is 1. The van der Waals surface area contributed by atoms with Gasteiger partial charge in [-0.2, -0.15) is 13.2 Å². The van der Waals surface area contributed by atoms with E-state index in [1.54, 1.807) is 18.3 Å². The summed E-state index contributed by atoms with van der Waals surface area (Å²) in [6.07, 6.45) is -0.576. The lowest BCUT2D eigenvalue weighted by Gasteiger charge is -2.46. The Morgan fingerprint density at radius 2 is 1.72 bits per heavy atom. The number of hydrogen-bond acceptors (Lipinski definition) is 7. The molecule has 1 fully saturated rings. The van der Waals surface area contributed by atoms with Gasteiger partial charge in [0.1, 0.15) is 17.5 Å². The summed E-state index contributed by atoms with van der Waals surface area (Å²) >= 11 is 0. The molecule has 2 N–H and O–H groups in total. The lowest BCUT2D eigenvalue weighted by molar-refractivity contribution is -0.192. The maximum Gasteiger partial charge on any atom is 0.490 e. The molecule has 2 aliphatic rings. The number of nitrogens with zero attached hydrogens (tertiary/aromatic N) is 4. The number of carboxylic acid groups (broad SMARTS) is 1. The second-order valence-corrected chi connectivity index (χ2v) is 11.1. The van der Waals surface area contributed by atoms with Crippen molar-refractivity contribution in [1.29, 1.82) is 0 Å². The van der Waals surface area contributed by atoms with Gasteiger partial charge in [-0.25, -0.2) is 19.2 Å². The number of nitrogens with one attached hydrogen (secondary N) is 1. The quantitative estimate of drug-likeness (QED) is 0.227. The van der Waals surface area contributed by atoms with Gasteiger partial charge in [0.2, 0.25) is 5.91 Å². The van der Waals surface area contributed by atoms with Crippen molar-refractivity contribution >= 4 is 29.1 Å². The van der Waals surface area contributed by atoms with Crippen LogP contribution in [0.25, 0.3) is 0 Å². The van der Waals surface area contributed by atoms with Crippen molar-refractivity contribution in [1.82, 2.24) is 15.0 Å². The molecule has 0 bridgehead atoms. The van der Waals surface area contributed by atoms with E-state index in [0.29, 0.717) is 25.1 Å². The first-order valence-corrected chi connectivity index (χ1v) is 14.5. The van der Waals surface area contributed by atoms with Gasteiger partial charge >= 0.3 is 12.1 Å². The summed E-state index contributed by atoms with van der Waals surface area (Å²) in [5.41, 5.74) is 3.51. The molecule has 0 saturated heterocycles. The highest BCUT2D eigenvalue weighted by molar-refractivity contribution is 6.00. The lowest BCUT2D eigenvalue weighted by atomic mass is 9.63. The third-order valence-electron chi connectivity index (χ3n) is 7.82. The normalized spacial score (nSPS) is 18.8. The number of carbonyl (C=O) groups excluding carboxylic acids is 1. The highest BCUT2D eigenvalue weighted by atomic mass is 19.4. The predicted molar refractivity (Wildman–Crippen MR) is 161 cm³/mol. The zero-order valence-corrected chi connectivity index (χ0v) is 24.8. The molecule has 0 atom stereocenters. The minimum absolute atomic E-state index is 0.0671. The van der Waals surface area contributed by atoms with Crippen LogP contribution < -0.4 is 10.2 Å². The third kappa shape index (κ3) is 7.48. The summed E-state index contributed by atoms with van der Waals surface area (Å²) in [5, 5.41) is 10.1. The van der Waals surface area contributed by atoms with Gasteiger partial charge in [0, 0.05) is 18.4 Å². The maximum atomic E-state index is 13.8. The minimum Gasteiger partial charge on any atom is -0.475 e. The number of carboxylic acids is 1. The molecule has 0 unspecified atom stereocenters. The van der Waals surface area contributed by atoms with E-state index in [1.807, 2.05) is 49.4 Å². The number of carbonyl (C=O) groups is 2. The fourth-order valence-corrected chi connectivity index (χ4v) is 5.47. The van der Waals surface area contributed by atoms with Crippen LogP contribution in [0.2, 0.25) is 0 Å². The molecule has 1 aliphatic heterocycles. The van der Waals surface area contributed by atoms with Crippen LogP contribution in [0.4, 0.5) is 34.8 Å². The smallest absolute Gasteiger partial charge is 0.475 e. The molecule has 0 spiro atoms. The Kier molecular flexibility index (Phi) is 9.61. The van der Waals surface area contributed by atoms with E-state index in [4.69, 9.17) is 19.6 Å². The van der Waals surface area contributed by atoms with Gasteiger partial charge < -0.3 is 20.1 Å². The number of ether oxygens (including phenoxy) is 1. The summed E-state index contributed by atoms with van der Waals surface area (Å²) in [6.45, 7) is 3.22. The number of aromatic nitrogens is 3. The van der Waals surface area contributed by atoms with Crippen LogP contribution in [0.1, 0.15) is 42.0 Å². The van der Waals surface area contributed by atoms with E-state index in [1.165, 1.54) is 12.1 Å². The Morgan fingerprint density at radius 1 is 1.02 bits per heavy atom. The van der Waals surface area contributed by atoms with E-state index < -0.39 is 17.6 Å². The Morgan fingerprint density at radius 3 is 2.37 bits per heavy atom. The van der Waals surface area contributed by atoms with E-state index >= 15 is 0 Å². The standard InChI is InChI=1S/C31H30FN5O2.C2HF3O2/c1-21-33-16-15-29(34-21)37-17-5-8-26-27(37)13-14-28(36-26)31(30(38)35-24-11-9-23(32)10-12-24)18-25(19-31)39-20-22-6-3-2-4-7-22;3-2(4,5)1(6)7/h2-4,6-7,9-16,25H,5,8,17-20H2,1H3,(H,35,38);(H,6,7).